The summed E-state index contributed by atoms with van der Waals surface area (Å²) in [7, 11) is 0. The van der Waals surface area contributed by atoms with E-state index in [1.165, 1.54) is 18.2 Å². The van der Waals surface area contributed by atoms with E-state index in [9.17, 15) is 9.18 Å². The molecule has 1 N–H and O–H groups in total. The van der Waals surface area contributed by atoms with Crippen LogP contribution in [-0.2, 0) is 0 Å². The molecule has 4 rings (SSSR count). The topological polar surface area (TPSA) is 54.5 Å². The largest absolute Gasteiger partial charge is 0.478 e. The molecule has 1 aliphatic carbocycles. The number of pyridine rings is 1. The number of carbonyl (C=O) groups excluding carboxylic acids is 1. The number of anilines is 1. The fourth-order valence-corrected chi connectivity index (χ4v) is 4.18. The molecule has 2 amide bonds. The third-order valence-corrected chi connectivity index (χ3v) is 5.86. The first kappa shape index (κ1) is 21.4. The molecule has 1 atom stereocenters. The number of nitrogens with one attached hydrogen (secondary N) is 1. The Balaban J connectivity index is 1.70. The van der Waals surface area contributed by atoms with Gasteiger partial charge in [0.1, 0.15) is 5.82 Å². The number of aromatic nitrogens is 1. The molecule has 162 valence electrons. The van der Waals surface area contributed by atoms with Gasteiger partial charge in [-0.05, 0) is 62.3 Å². The van der Waals surface area contributed by atoms with Crippen molar-refractivity contribution in [3.05, 3.63) is 65.1 Å². The van der Waals surface area contributed by atoms with Crippen LogP contribution in [0.1, 0.15) is 38.3 Å². The van der Waals surface area contributed by atoms with Crippen LogP contribution in [-0.4, -0.2) is 29.1 Å². The standard InChI is InChI=1S/C24H25ClFN3O2/c1-3-29(24(30)28-16-11-12-21(26)20(25)13-16)22(15-9-10-15)19-14-27-23(31-4-2)18-8-6-5-7-17(18)19/h5-8,11-15,22H,3-4,9-10H2,1-2H3,(H,28,30)/t22-/m1/s1. The predicted molar refractivity (Wildman–Crippen MR) is 121 cm³/mol. The van der Waals surface area contributed by atoms with E-state index >= 15 is 0 Å². The zero-order valence-corrected chi connectivity index (χ0v) is 18.3. The van der Waals surface area contributed by atoms with Crippen LogP contribution < -0.4 is 10.1 Å². The van der Waals surface area contributed by atoms with Gasteiger partial charge < -0.3 is 15.0 Å². The minimum atomic E-state index is -0.519. The Morgan fingerprint density at radius 3 is 2.65 bits per heavy atom. The van der Waals surface area contributed by atoms with Gasteiger partial charge in [0.05, 0.1) is 17.7 Å². The summed E-state index contributed by atoms with van der Waals surface area (Å²) in [5.74, 6) is 0.449. The average molecular weight is 442 g/mol. The van der Waals surface area contributed by atoms with Crippen molar-refractivity contribution in [2.24, 2.45) is 5.92 Å². The number of urea groups is 1. The number of halogens is 2. The van der Waals surface area contributed by atoms with E-state index in [0.29, 0.717) is 30.6 Å². The Morgan fingerprint density at radius 2 is 2.00 bits per heavy atom. The highest BCUT2D eigenvalue weighted by atomic mass is 35.5. The smallest absolute Gasteiger partial charge is 0.322 e. The number of benzene rings is 2. The minimum absolute atomic E-state index is 0.0266. The van der Waals surface area contributed by atoms with Crippen LogP contribution in [0.15, 0.2) is 48.7 Å². The molecule has 0 unspecified atom stereocenters. The number of amides is 2. The van der Waals surface area contributed by atoms with Gasteiger partial charge in [-0.15, -0.1) is 0 Å². The van der Waals surface area contributed by atoms with Crippen molar-refractivity contribution < 1.29 is 13.9 Å². The van der Waals surface area contributed by atoms with E-state index in [-0.39, 0.29) is 17.1 Å². The molecule has 1 heterocycles. The summed E-state index contributed by atoms with van der Waals surface area (Å²) in [6.45, 7) is 4.94. The molecule has 2 aromatic carbocycles. The van der Waals surface area contributed by atoms with Gasteiger partial charge in [0, 0.05) is 29.4 Å². The van der Waals surface area contributed by atoms with E-state index in [0.717, 1.165) is 29.2 Å². The lowest BCUT2D eigenvalue weighted by molar-refractivity contribution is 0.183. The number of ether oxygens (including phenoxy) is 1. The summed E-state index contributed by atoms with van der Waals surface area (Å²) in [6, 6.07) is 11.8. The lowest BCUT2D eigenvalue weighted by Crippen LogP contribution is -2.39. The summed E-state index contributed by atoms with van der Waals surface area (Å²) in [5.41, 5.74) is 1.47. The fraction of sp³-hybridized carbons (Fsp3) is 0.333. The molecule has 0 radical (unpaired) electrons. The van der Waals surface area contributed by atoms with Crippen LogP contribution >= 0.6 is 11.6 Å². The van der Waals surface area contributed by atoms with Crippen LogP contribution in [0.3, 0.4) is 0 Å². The zero-order valence-electron chi connectivity index (χ0n) is 17.6. The lowest BCUT2D eigenvalue weighted by Gasteiger charge is -2.32. The van der Waals surface area contributed by atoms with Crippen LogP contribution in [0.4, 0.5) is 14.9 Å². The van der Waals surface area contributed by atoms with Crippen molar-refractivity contribution in [2.75, 3.05) is 18.5 Å². The number of carbonyl (C=O) groups is 1. The van der Waals surface area contributed by atoms with Crippen molar-refractivity contribution in [2.45, 2.75) is 32.7 Å². The van der Waals surface area contributed by atoms with Crippen molar-refractivity contribution in [1.29, 1.82) is 0 Å². The normalized spacial score (nSPS) is 14.3. The fourth-order valence-electron chi connectivity index (χ4n) is 4.00. The highest BCUT2D eigenvalue weighted by Gasteiger charge is 2.39. The number of fused-ring (bicyclic) bond motifs is 1. The van der Waals surface area contributed by atoms with E-state index in [2.05, 4.69) is 16.4 Å². The number of hydrogen-bond donors (Lipinski definition) is 1. The first-order chi connectivity index (χ1) is 15.0. The highest BCUT2D eigenvalue weighted by molar-refractivity contribution is 6.31. The monoisotopic (exact) mass is 441 g/mol. The van der Waals surface area contributed by atoms with E-state index < -0.39 is 5.82 Å². The Labute approximate surface area is 186 Å². The molecule has 31 heavy (non-hydrogen) atoms. The average Bonchev–Trinajstić information content (AvgIpc) is 3.60. The molecule has 1 fully saturated rings. The first-order valence-electron chi connectivity index (χ1n) is 10.6. The predicted octanol–water partition coefficient (Wildman–Crippen LogP) is 6.43. The van der Waals surface area contributed by atoms with Gasteiger partial charge in [0.2, 0.25) is 5.88 Å². The van der Waals surface area contributed by atoms with E-state index in [4.69, 9.17) is 16.3 Å². The first-order valence-corrected chi connectivity index (χ1v) is 10.9. The summed E-state index contributed by atoms with van der Waals surface area (Å²) in [6.07, 6.45) is 3.94. The molecule has 1 aromatic heterocycles. The second-order valence-corrected chi connectivity index (χ2v) is 8.03. The number of rotatable bonds is 7. The Bertz CT molecular complexity index is 1100. The van der Waals surface area contributed by atoms with Gasteiger partial charge in [0.25, 0.3) is 0 Å². The molecule has 3 aromatic rings. The number of nitrogens with zero attached hydrogens (tertiary/aromatic N) is 2. The molecule has 1 saturated carbocycles. The molecule has 0 bridgehead atoms. The van der Waals surface area contributed by atoms with Crippen LogP contribution in [0, 0.1) is 11.7 Å². The summed E-state index contributed by atoms with van der Waals surface area (Å²) in [4.78, 5) is 19.6. The lowest BCUT2D eigenvalue weighted by atomic mass is 9.96. The summed E-state index contributed by atoms with van der Waals surface area (Å²) >= 11 is 5.88. The van der Waals surface area contributed by atoms with Crippen molar-refractivity contribution in [1.82, 2.24) is 9.88 Å². The number of hydrogen-bond acceptors (Lipinski definition) is 3. The van der Waals surface area contributed by atoms with Crippen molar-refractivity contribution in [3.63, 3.8) is 0 Å². The second kappa shape index (κ2) is 9.10. The van der Waals surface area contributed by atoms with Crippen LogP contribution in [0.2, 0.25) is 5.02 Å². The molecular weight excluding hydrogens is 417 g/mol. The van der Waals surface area contributed by atoms with Crippen molar-refractivity contribution >= 4 is 34.1 Å². The summed E-state index contributed by atoms with van der Waals surface area (Å²) in [5, 5.41) is 4.81. The van der Waals surface area contributed by atoms with Gasteiger partial charge in [0.15, 0.2) is 0 Å². The Morgan fingerprint density at radius 1 is 1.26 bits per heavy atom. The van der Waals surface area contributed by atoms with Crippen LogP contribution in [0.25, 0.3) is 10.8 Å². The third kappa shape index (κ3) is 4.44. The third-order valence-electron chi connectivity index (χ3n) is 5.57. The zero-order chi connectivity index (χ0) is 22.0. The van der Waals surface area contributed by atoms with E-state index in [1.54, 1.807) is 0 Å². The molecule has 0 saturated heterocycles. The van der Waals surface area contributed by atoms with E-state index in [1.807, 2.05) is 43.1 Å². The molecular formula is C24H25ClFN3O2. The van der Waals surface area contributed by atoms with Gasteiger partial charge >= 0.3 is 6.03 Å². The molecule has 7 heteroatoms. The Hall–Kier alpha value is -2.86. The minimum Gasteiger partial charge on any atom is -0.478 e. The van der Waals surface area contributed by atoms with Crippen LogP contribution in [0.5, 0.6) is 5.88 Å². The highest BCUT2D eigenvalue weighted by Crippen LogP contribution is 2.47. The SMILES string of the molecule is CCOc1ncc([C@@H](C2CC2)N(CC)C(=O)Nc2ccc(F)c(Cl)c2)c2ccccc12. The van der Waals surface area contributed by atoms with Gasteiger partial charge in [-0.2, -0.15) is 0 Å². The van der Waals surface area contributed by atoms with Crippen molar-refractivity contribution in [3.8, 4) is 5.88 Å². The Kier molecular flexibility index (Phi) is 6.28. The maximum atomic E-state index is 13.5. The van der Waals surface area contributed by atoms with Gasteiger partial charge in [-0.1, -0.05) is 29.8 Å². The molecule has 0 spiro atoms. The molecule has 1 aliphatic rings. The second-order valence-electron chi connectivity index (χ2n) is 7.62. The maximum Gasteiger partial charge on any atom is 0.322 e. The quantitative estimate of drug-likeness (QED) is 0.459. The van der Waals surface area contributed by atoms with Gasteiger partial charge in [-0.25, -0.2) is 14.2 Å². The molecule has 5 nitrogen and oxygen atoms in total. The molecule has 0 aliphatic heterocycles. The van der Waals surface area contributed by atoms with Gasteiger partial charge in [-0.3, -0.25) is 0 Å². The maximum absolute atomic E-state index is 13.5. The summed E-state index contributed by atoms with van der Waals surface area (Å²) < 4.78 is 19.2.